The molecule has 0 aromatic heterocycles. The second kappa shape index (κ2) is 4.84. The molecule has 0 radical (unpaired) electrons. The summed E-state index contributed by atoms with van der Waals surface area (Å²) in [5, 5.41) is 0. The van der Waals surface area contributed by atoms with E-state index in [4.69, 9.17) is 5.73 Å². The van der Waals surface area contributed by atoms with Crippen molar-refractivity contribution in [3.63, 3.8) is 0 Å². The van der Waals surface area contributed by atoms with Crippen LogP contribution in [0.15, 0.2) is 29.8 Å². The van der Waals surface area contributed by atoms with Crippen molar-refractivity contribution < 1.29 is 0 Å². The molecule has 0 spiro atoms. The van der Waals surface area contributed by atoms with Gasteiger partial charge in [0.1, 0.15) is 0 Å². The number of hydrogen-bond acceptors (Lipinski definition) is 1. The second-order valence-corrected chi connectivity index (χ2v) is 4.85. The van der Waals surface area contributed by atoms with Crippen LogP contribution in [0.3, 0.4) is 0 Å². The van der Waals surface area contributed by atoms with Crippen LogP contribution in [-0.2, 0) is 0 Å². The molecule has 86 valence electrons. The molecule has 1 aromatic rings. The van der Waals surface area contributed by atoms with E-state index in [1.54, 1.807) is 0 Å². The predicted octanol–water partition coefficient (Wildman–Crippen LogP) is 3.80. The summed E-state index contributed by atoms with van der Waals surface area (Å²) in [5.74, 6) is 0. The molecule has 0 heterocycles. The van der Waals surface area contributed by atoms with E-state index in [9.17, 15) is 0 Å². The average molecular weight is 215 g/mol. The van der Waals surface area contributed by atoms with Gasteiger partial charge >= 0.3 is 0 Å². The minimum Gasteiger partial charge on any atom is -0.321 e. The summed E-state index contributed by atoms with van der Waals surface area (Å²) in [5.41, 5.74) is 11.7. The van der Waals surface area contributed by atoms with E-state index in [-0.39, 0.29) is 6.04 Å². The minimum absolute atomic E-state index is 0.111. The van der Waals surface area contributed by atoms with E-state index in [1.165, 1.54) is 47.9 Å². The van der Waals surface area contributed by atoms with Crippen molar-refractivity contribution in [1.29, 1.82) is 0 Å². The van der Waals surface area contributed by atoms with Crippen molar-refractivity contribution >= 4 is 0 Å². The average Bonchev–Trinajstić information content (AvgIpc) is 2.33. The van der Waals surface area contributed by atoms with Crippen molar-refractivity contribution in [2.45, 2.75) is 45.6 Å². The molecule has 1 aliphatic rings. The normalized spacial score (nSPS) is 18.1. The molecule has 0 bridgehead atoms. The molecule has 1 heteroatoms. The molecule has 1 atom stereocenters. The van der Waals surface area contributed by atoms with Crippen LogP contribution in [0.5, 0.6) is 0 Å². The summed E-state index contributed by atoms with van der Waals surface area (Å²) >= 11 is 0. The highest BCUT2D eigenvalue weighted by molar-refractivity contribution is 5.35. The zero-order valence-corrected chi connectivity index (χ0v) is 10.3. The first-order chi connectivity index (χ1) is 7.68. The summed E-state index contributed by atoms with van der Waals surface area (Å²) in [6, 6.07) is 6.69. The van der Waals surface area contributed by atoms with Crippen LogP contribution in [0.4, 0.5) is 0 Å². The summed E-state index contributed by atoms with van der Waals surface area (Å²) in [7, 11) is 0. The van der Waals surface area contributed by atoms with Crippen LogP contribution >= 0.6 is 0 Å². The Morgan fingerprint density at radius 2 is 1.94 bits per heavy atom. The predicted molar refractivity (Wildman–Crippen MR) is 69.4 cm³/mol. The zero-order valence-electron chi connectivity index (χ0n) is 10.3. The standard InChI is InChI=1S/C15H21N/c1-11-8-9-14(10-12(11)2)15(16)13-6-4-3-5-7-13/h6,8-10,15H,3-5,7,16H2,1-2H3. The Balaban J connectivity index is 2.22. The maximum Gasteiger partial charge on any atom is 0.0511 e. The van der Waals surface area contributed by atoms with Crippen LogP contribution in [0.2, 0.25) is 0 Å². The lowest BCUT2D eigenvalue weighted by Crippen LogP contribution is -2.15. The number of benzene rings is 1. The lowest BCUT2D eigenvalue weighted by molar-refractivity contribution is 0.648. The third kappa shape index (κ3) is 2.35. The largest absolute Gasteiger partial charge is 0.321 e. The highest BCUT2D eigenvalue weighted by atomic mass is 14.6. The molecule has 16 heavy (non-hydrogen) atoms. The maximum absolute atomic E-state index is 6.32. The monoisotopic (exact) mass is 215 g/mol. The smallest absolute Gasteiger partial charge is 0.0511 e. The Labute approximate surface area is 98.4 Å². The van der Waals surface area contributed by atoms with Crippen molar-refractivity contribution in [1.82, 2.24) is 0 Å². The summed E-state index contributed by atoms with van der Waals surface area (Å²) < 4.78 is 0. The first-order valence-corrected chi connectivity index (χ1v) is 6.20. The summed E-state index contributed by atoms with van der Waals surface area (Å²) in [4.78, 5) is 0. The van der Waals surface area contributed by atoms with Crippen molar-refractivity contribution in [2.75, 3.05) is 0 Å². The zero-order chi connectivity index (χ0) is 11.5. The van der Waals surface area contributed by atoms with Gasteiger partial charge in [-0.1, -0.05) is 29.8 Å². The van der Waals surface area contributed by atoms with Gasteiger partial charge in [-0.25, -0.2) is 0 Å². The molecule has 1 nitrogen and oxygen atoms in total. The van der Waals surface area contributed by atoms with E-state index in [2.05, 4.69) is 38.1 Å². The van der Waals surface area contributed by atoms with Gasteiger partial charge in [0.2, 0.25) is 0 Å². The lowest BCUT2D eigenvalue weighted by Gasteiger charge is -2.20. The van der Waals surface area contributed by atoms with Gasteiger partial charge in [0, 0.05) is 0 Å². The summed E-state index contributed by atoms with van der Waals surface area (Å²) in [6.45, 7) is 4.30. The first-order valence-electron chi connectivity index (χ1n) is 6.20. The van der Waals surface area contributed by atoms with Gasteiger partial charge in [0.25, 0.3) is 0 Å². The molecule has 1 aromatic carbocycles. The highest BCUT2D eigenvalue weighted by Crippen LogP contribution is 2.28. The summed E-state index contributed by atoms with van der Waals surface area (Å²) in [6.07, 6.45) is 7.33. The maximum atomic E-state index is 6.32. The molecule has 1 aliphatic carbocycles. The van der Waals surface area contributed by atoms with Gasteiger partial charge in [0.05, 0.1) is 6.04 Å². The van der Waals surface area contributed by atoms with Crippen molar-refractivity contribution in [3.8, 4) is 0 Å². The topological polar surface area (TPSA) is 26.0 Å². The van der Waals surface area contributed by atoms with Crippen LogP contribution in [0.1, 0.15) is 48.4 Å². The Bertz CT molecular complexity index is 404. The van der Waals surface area contributed by atoms with Crippen molar-refractivity contribution in [3.05, 3.63) is 46.5 Å². The SMILES string of the molecule is Cc1ccc(C(N)C2=CCCCC2)cc1C. The van der Waals surface area contributed by atoms with Gasteiger partial charge in [-0.3, -0.25) is 0 Å². The number of allylic oxidation sites excluding steroid dienone is 1. The number of hydrogen-bond donors (Lipinski definition) is 1. The fourth-order valence-electron chi connectivity index (χ4n) is 2.32. The van der Waals surface area contributed by atoms with Gasteiger partial charge in [-0.15, -0.1) is 0 Å². The Kier molecular flexibility index (Phi) is 3.45. The lowest BCUT2D eigenvalue weighted by atomic mass is 9.89. The molecule has 0 amide bonds. The van der Waals surface area contributed by atoms with Gasteiger partial charge in [-0.2, -0.15) is 0 Å². The Morgan fingerprint density at radius 3 is 2.56 bits per heavy atom. The van der Waals surface area contributed by atoms with Crippen molar-refractivity contribution in [2.24, 2.45) is 5.73 Å². The van der Waals surface area contributed by atoms with Crippen LogP contribution in [-0.4, -0.2) is 0 Å². The Hall–Kier alpha value is -1.08. The second-order valence-electron chi connectivity index (χ2n) is 4.85. The number of rotatable bonds is 2. The molecule has 0 aliphatic heterocycles. The van der Waals surface area contributed by atoms with Crippen LogP contribution in [0.25, 0.3) is 0 Å². The quantitative estimate of drug-likeness (QED) is 0.746. The molecule has 2 rings (SSSR count). The van der Waals surface area contributed by atoms with E-state index < -0.39 is 0 Å². The van der Waals surface area contributed by atoms with Gasteiger partial charge in [0.15, 0.2) is 0 Å². The molecule has 1 unspecified atom stereocenters. The van der Waals surface area contributed by atoms with E-state index >= 15 is 0 Å². The van der Waals surface area contributed by atoms with Crippen LogP contribution in [0, 0.1) is 13.8 Å². The molecule has 0 saturated heterocycles. The molecule has 0 fully saturated rings. The van der Waals surface area contributed by atoms with Crippen LogP contribution < -0.4 is 5.73 Å². The Morgan fingerprint density at radius 1 is 1.12 bits per heavy atom. The fourth-order valence-corrected chi connectivity index (χ4v) is 2.32. The molecule has 0 saturated carbocycles. The third-order valence-electron chi connectivity index (χ3n) is 3.62. The molecule has 2 N–H and O–H groups in total. The van der Waals surface area contributed by atoms with Gasteiger partial charge < -0.3 is 5.73 Å². The number of aryl methyl sites for hydroxylation is 2. The molecular formula is C15H21N. The van der Waals surface area contributed by atoms with E-state index in [0.717, 1.165) is 0 Å². The third-order valence-corrected chi connectivity index (χ3v) is 3.62. The molecular weight excluding hydrogens is 194 g/mol. The fraction of sp³-hybridized carbons (Fsp3) is 0.467. The number of nitrogens with two attached hydrogens (primary N) is 1. The van der Waals surface area contributed by atoms with E-state index in [1.807, 2.05) is 0 Å². The van der Waals surface area contributed by atoms with Gasteiger partial charge in [-0.05, 0) is 56.2 Å². The van der Waals surface area contributed by atoms with E-state index in [0.29, 0.717) is 0 Å². The first kappa shape index (κ1) is 11.4. The minimum atomic E-state index is 0.111. The highest BCUT2D eigenvalue weighted by Gasteiger charge is 2.14.